The number of carbonyl (C=O) groups is 1. The molecule has 3 nitrogen and oxygen atoms in total. The summed E-state index contributed by atoms with van der Waals surface area (Å²) >= 11 is 1.58. The number of fused-ring (bicyclic) bond motifs is 1. The van der Waals surface area contributed by atoms with Crippen LogP contribution in [0.25, 0.3) is 0 Å². The van der Waals surface area contributed by atoms with Crippen molar-refractivity contribution in [3.63, 3.8) is 0 Å². The lowest BCUT2D eigenvalue weighted by Gasteiger charge is -2.14. The Morgan fingerprint density at radius 3 is 2.95 bits per heavy atom. The Bertz CT molecular complexity index is 662. The molecule has 1 unspecified atom stereocenters. The van der Waals surface area contributed by atoms with E-state index in [0.717, 1.165) is 28.1 Å². The molecule has 1 aromatic heterocycles. The first-order valence-electron chi connectivity index (χ1n) is 6.75. The molecule has 0 saturated carbocycles. The van der Waals surface area contributed by atoms with Crippen LogP contribution in [0.4, 0.5) is 5.69 Å². The Morgan fingerprint density at radius 2 is 2.20 bits per heavy atom. The normalized spacial score (nSPS) is 15.6. The topological polar surface area (TPSA) is 40.5 Å². The minimum atomic E-state index is -0.601. The Labute approximate surface area is 122 Å². The molecule has 1 aromatic carbocycles. The van der Waals surface area contributed by atoms with Crippen LogP contribution in [0.5, 0.6) is 0 Å². The van der Waals surface area contributed by atoms with Crippen molar-refractivity contribution >= 4 is 22.9 Å². The van der Waals surface area contributed by atoms with Gasteiger partial charge in [-0.25, -0.2) is 0 Å². The zero-order valence-corrected chi connectivity index (χ0v) is 12.4. The van der Waals surface area contributed by atoms with Crippen LogP contribution in [0.3, 0.4) is 0 Å². The maximum Gasteiger partial charge on any atom is 0.231 e. The number of benzene rings is 1. The summed E-state index contributed by atoms with van der Waals surface area (Å²) in [5, 5.41) is 12.6. The van der Waals surface area contributed by atoms with Gasteiger partial charge in [0.25, 0.3) is 0 Å². The molecule has 0 spiro atoms. The number of likely N-dealkylation sites (N-methyl/N-ethyl adjacent to an activating group) is 1. The minimum absolute atomic E-state index is 0.108. The highest BCUT2D eigenvalue weighted by atomic mass is 32.1. The molecule has 2 heterocycles. The molecule has 1 amide bonds. The number of nitrogens with zero attached hydrogens (tertiary/aromatic N) is 1. The molecule has 1 aliphatic rings. The SMILES string of the molecule is CCc1ccsc1C(O)c1ccc2c(c1)CC(=O)N2C. The first kappa shape index (κ1) is 13.3. The number of aliphatic hydroxyl groups is 1. The lowest BCUT2D eigenvalue weighted by molar-refractivity contribution is -0.117. The van der Waals surface area contributed by atoms with E-state index in [-0.39, 0.29) is 5.91 Å². The van der Waals surface area contributed by atoms with Crippen LogP contribution in [-0.2, 0) is 17.6 Å². The summed E-state index contributed by atoms with van der Waals surface area (Å²) < 4.78 is 0. The van der Waals surface area contributed by atoms with Crippen molar-refractivity contribution in [3.8, 4) is 0 Å². The zero-order chi connectivity index (χ0) is 14.3. The molecule has 2 aromatic rings. The number of anilines is 1. The molecule has 0 bridgehead atoms. The van der Waals surface area contributed by atoms with Crippen molar-refractivity contribution in [3.05, 3.63) is 51.2 Å². The highest BCUT2D eigenvalue weighted by Crippen LogP contribution is 2.34. The Balaban J connectivity index is 1.96. The molecule has 4 heteroatoms. The third kappa shape index (κ3) is 2.05. The van der Waals surface area contributed by atoms with E-state index in [9.17, 15) is 9.90 Å². The van der Waals surface area contributed by atoms with Crippen LogP contribution >= 0.6 is 11.3 Å². The van der Waals surface area contributed by atoms with Crippen LogP contribution in [0.15, 0.2) is 29.6 Å². The van der Waals surface area contributed by atoms with Gasteiger partial charge in [-0.2, -0.15) is 0 Å². The molecule has 1 aliphatic heterocycles. The Morgan fingerprint density at radius 1 is 1.40 bits per heavy atom. The second-order valence-electron chi connectivity index (χ2n) is 5.08. The average Bonchev–Trinajstić information content (AvgIpc) is 3.03. The second kappa shape index (κ2) is 5.04. The van der Waals surface area contributed by atoms with Gasteiger partial charge in [-0.3, -0.25) is 4.79 Å². The summed E-state index contributed by atoms with van der Waals surface area (Å²) in [6, 6.07) is 7.87. The third-order valence-electron chi connectivity index (χ3n) is 3.91. The highest BCUT2D eigenvalue weighted by molar-refractivity contribution is 7.10. The van der Waals surface area contributed by atoms with Gasteiger partial charge in [0.05, 0.1) is 6.42 Å². The predicted molar refractivity (Wildman–Crippen MR) is 81.3 cm³/mol. The number of hydrogen-bond acceptors (Lipinski definition) is 3. The van der Waals surface area contributed by atoms with Gasteiger partial charge in [0.15, 0.2) is 0 Å². The van der Waals surface area contributed by atoms with Crippen molar-refractivity contribution in [1.29, 1.82) is 0 Å². The molecular formula is C16H17NO2S. The van der Waals surface area contributed by atoms with Gasteiger partial charge >= 0.3 is 0 Å². The van der Waals surface area contributed by atoms with Crippen LogP contribution in [-0.4, -0.2) is 18.1 Å². The number of aryl methyl sites for hydroxylation is 1. The largest absolute Gasteiger partial charge is 0.383 e. The van der Waals surface area contributed by atoms with Gasteiger partial charge in [-0.15, -0.1) is 11.3 Å². The maximum atomic E-state index is 11.7. The standard InChI is InChI=1S/C16H17NO2S/c1-3-10-6-7-20-16(10)15(19)11-4-5-13-12(8-11)9-14(18)17(13)2/h4-8,15,19H,3,9H2,1-2H3. The van der Waals surface area contributed by atoms with E-state index in [4.69, 9.17) is 0 Å². The van der Waals surface area contributed by atoms with E-state index >= 15 is 0 Å². The average molecular weight is 287 g/mol. The monoisotopic (exact) mass is 287 g/mol. The lowest BCUT2D eigenvalue weighted by Crippen LogP contribution is -2.20. The quantitative estimate of drug-likeness (QED) is 0.943. The van der Waals surface area contributed by atoms with E-state index in [1.807, 2.05) is 23.6 Å². The van der Waals surface area contributed by atoms with Crippen molar-refractivity contribution in [2.75, 3.05) is 11.9 Å². The van der Waals surface area contributed by atoms with Crippen molar-refractivity contribution in [2.45, 2.75) is 25.9 Å². The summed E-state index contributed by atoms with van der Waals surface area (Å²) in [6.07, 6.45) is 0.746. The number of thiophene rings is 1. The maximum absolute atomic E-state index is 11.7. The van der Waals surface area contributed by atoms with Gasteiger partial charge in [0, 0.05) is 17.6 Å². The molecule has 1 N–H and O–H groups in total. The van der Waals surface area contributed by atoms with Crippen LogP contribution in [0.1, 0.15) is 34.6 Å². The fraction of sp³-hybridized carbons (Fsp3) is 0.312. The Kier molecular flexibility index (Phi) is 3.36. The summed E-state index contributed by atoms with van der Waals surface area (Å²) in [5.74, 6) is 0.108. The summed E-state index contributed by atoms with van der Waals surface area (Å²) in [4.78, 5) is 14.4. The van der Waals surface area contributed by atoms with E-state index in [1.54, 1.807) is 23.3 Å². The van der Waals surface area contributed by atoms with Gasteiger partial charge in [-0.1, -0.05) is 19.1 Å². The predicted octanol–water partition coefficient (Wildman–Crippen LogP) is 2.91. The molecule has 0 saturated heterocycles. The van der Waals surface area contributed by atoms with E-state index in [2.05, 4.69) is 13.0 Å². The highest BCUT2D eigenvalue weighted by Gasteiger charge is 2.25. The number of hydrogen-bond donors (Lipinski definition) is 1. The fourth-order valence-corrected chi connectivity index (χ4v) is 3.70. The molecule has 0 radical (unpaired) electrons. The number of carbonyl (C=O) groups excluding carboxylic acids is 1. The smallest absolute Gasteiger partial charge is 0.231 e. The second-order valence-corrected chi connectivity index (χ2v) is 6.03. The van der Waals surface area contributed by atoms with E-state index < -0.39 is 6.10 Å². The van der Waals surface area contributed by atoms with Gasteiger partial charge < -0.3 is 10.0 Å². The van der Waals surface area contributed by atoms with E-state index in [1.165, 1.54) is 5.56 Å². The number of rotatable bonds is 3. The van der Waals surface area contributed by atoms with Crippen molar-refractivity contribution in [2.24, 2.45) is 0 Å². The van der Waals surface area contributed by atoms with Crippen molar-refractivity contribution < 1.29 is 9.90 Å². The number of amides is 1. The molecule has 20 heavy (non-hydrogen) atoms. The first-order valence-corrected chi connectivity index (χ1v) is 7.63. The fourth-order valence-electron chi connectivity index (χ4n) is 2.69. The van der Waals surface area contributed by atoms with E-state index in [0.29, 0.717) is 6.42 Å². The van der Waals surface area contributed by atoms with Crippen LogP contribution < -0.4 is 4.90 Å². The van der Waals surface area contributed by atoms with Gasteiger partial charge in [0.2, 0.25) is 5.91 Å². The van der Waals surface area contributed by atoms with Crippen LogP contribution in [0, 0.1) is 0 Å². The molecule has 104 valence electrons. The third-order valence-corrected chi connectivity index (χ3v) is 4.92. The van der Waals surface area contributed by atoms with Crippen molar-refractivity contribution in [1.82, 2.24) is 0 Å². The summed E-state index contributed by atoms with van der Waals surface area (Å²) in [7, 11) is 1.79. The summed E-state index contributed by atoms with van der Waals surface area (Å²) in [6.45, 7) is 2.09. The number of aliphatic hydroxyl groups excluding tert-OH is 1. The molecule has 0 aliphatic carbocycles. The first-order chi connectivity index (χ1) is 9.61. The Hall–Kier alpha value is -1.65. The summed E-state index contributed by atoms with van der Waals surface area (Å²) in [5.41, 5.74) is 4.01. The molecular weight excluding hydrogens is 270 g/mol. The molecule has 0 fully saturated rings. The van der Waals surface area contributed by atoms with Gasteiger partial charge in [0.1, 0.15) is 6.10 Å². The molecule has 3 rings (SSSR count). The zero-order valence-electron chi connectivity index (χ0n) is 11.6. The lowest BCUT2D eigenvalue weighted by atomic mass is 10.0. The molecule has 1 atom stereocenters. The van der Waals surface area contributed by atoms with Gasteiger partial charge in [-0.05, 0) is 40.6 Å². The van der Waals surface area contributed by atoms with Crippen LogP contribution in [0.2, 0.25) is 0 Å². The minimum Gasteiger partial charge on any atom is -0.383 e.